The Balaban J connectivity index is 2.27. The van der Waals surface area contributed by atoms with Crippen LogP contribution in [-0.2, 0) is 6.18 Å². The average Bonchev–Trinajstić information content (AvgIpc) is 2.45. The highest BCUT2D eigenvalue weighted by atomic mass is 19.4. The molecule has 0 aliphatic heterocycles. The molecule has 2 rings (SSSR count). The average molecular weight is 315 g/mol. The molecule has 0 radical (unpaired) electrons. The summed E-state index contributed by atoms with van der Waals surface area (Å²) in [5.41, 5.74) is 1.71. The Morgan fingerprint density at radius 3 is 2.68 bits per heavy atom. The van der Waals surface area contributed by atoms with Gasteiger partial charge in [-0.25, -0.2) is 0 Å². The molecule has 1 aliphatic carbocycles. The van der Waals surface area contributed by atoms with Gasteiger partial charge in [0.05, 0.1) is 10.5 Å². The van der Waals surface area contributed by atoms with Crippen LogP contribution in [0.3, 0.4) is 0 Å². The second-order valence-corrected chi connectivity index (χ2v) is 5.35. The first-order valence-corrected chi connectivity index (χ1v) is 6.97. The topological polar surface area (TPSA) is 67.5 Å². The lowest BCUT2D eigenvalue weighted by atomic mass is 9.89. The van der Waals surface area contributed by atoms with E-state index in [2.05, 4.69) is 10.5 Å². The largest absolute Gasteiger partial charge is 0.416 e. The van der Waals surface area contributed by atoms with E-state index in [0.29, 0.717) is 6.07 Å². The number of nitro benzene ring substituents is 1. The Hall–Kier alpha value is -2.12. The van der Waals surface area contributed by atoms with E-state index in [4.69, 9.17) is 0 Å². The van der Waals surface area contributed by atoms with E-state index < -0.39 is 22.4 Å². The van der Waals surface area contributed by atoms with Crippen molar-refractivity contribution < 1.29 is 18.1 Å². The predicted octanol–water partition coefficient (Wildman–Crippen LogP) is 4.59. The van der Waals surface area contributed by atoms with E-state index in [-0.39, 0.29) is 11.6 Å². The molecule has 120 valence electrons. The van der Waals surface area contributed by atoms with Gasteiger partial charge in [0.1, 0.15) is 5.69 Å². The standard InChI is InChI=1S/C14H16F3N3O2/c1-9-4-2-3-5-11(9)18-19-12-7-6-10(14(15,16)17)8-13(12)20(21)22/h6-9,19H,2-5H2,1H3/b18-11-/t9-/m1/s1. The minimum Gasteiger partial charge on any atom is -0.272 e. The molecule has 0 spiro atoms. The number of nitrogens with zero attached hydrogens (tertiary/aromatic N) is 2. The van der Waals surface area contributed by atoms with E-state index in [0.717, 1.165) is 43.5 Å². The molecule has 22 heavy (non-hydrogen) atoms. The van der Waals surface area contributed by atoms with Crippen LogP contribution in [0.15, 0.2) is 23.3 Å². The van der Waals surface area contributed by atoms with Crippen molar-refractivity contribution in [1.29, 1.82) is 0 Å². The number of hydrogen-bond donors (Lipinski definition) is 1. The Morgan fingerprint density at radius 1 is 1.36 bits per heavy atom. The van der Waals surface area contributed by atoms with Gasteiger partial charge in [0.25, 0.3) is 5.69 Å². The number of hydrogen-bond acceptors (Lipinski definition) is 4. The Morgan fingerprint density at radius 2 is 2.09 bits per heavy atom. The van der Waals surface area contributed by atoms with Crippen molar-refractivity contribution in [3.05, 3.63) is 33.9 Å². The fourth-order valence-electron chi connectivity index (χ4n) is 2.42. The summed E-state index contributed by atoms with van der Waals surface area (Å²) in [7, 11) is 0. The van der Waals surface area contributed by atoms with Crippen LogP contribution in [0.5, 0.6) is 0 Å². The number of alkyl halides is 3. The number of anilines is 1. The summed E-state index contributed by atoms with van der Waals surface area (Å²) in [6, 6.07) is 2.37. The lowest BCUT2D eigenvalue weighted by Crippen LogP contribution is -2.17. The fraction of sp³-hybridized carbons (Fsp3) is 0.500. The van der Waals surface area contributed by atoms with Crippen molar-refractivity contribution in [3.8, 4) is 0 Å². The molecular weight excluding hydrogens is 299 g/mol. The zero-order valence-electron chi connectivity index (χ0n) is 12.0. The molecule has 5 nitrogen and oxygen atoms in total. The molecule has 0 amide bonds. The van der Waals surface area contributed by atoms with Gasteiger partial charge in [-0.3, -0.25) is 15.5 Å². The van der Waals surface area contributed by atoms with Gasteiger partial charge in [0, 0.05) is 11.8 Å². The molecule has 1 atom stereocenters. The van der Waals surface area contributed by atoms with Crippen LogP contribution in [0.25, 0.3) is 0 Å². The van der Waals surface area contributed by atoms with Gasteiger partial charge < -0.3 is 0 Å². The minimum absolute atomic E-state index is 0.0386. The zero-order chi connectivity index (χ0) is 16.3. The van der Waals surface area contributed by atoms with Crippen molar-refractivity contribution in [2.75, 3.05) is 5.43 Å². The molecule has 1 N–H and O–H groups in total. The lowest BCUT2D eigenvalue weighted by molar-refractivity contribution is -0.384. The fourth-order valence-corrected chi connectivity index (χ4v) is 2.42. The van der Waals surface area contributed by atoms with Crippen LogP contribution in [-0.4, -0.2) is 10.6 Å². The van der Waals surface area contributed by atoms with Gasteiger partial charge in [0.15, 0.2) is 0 Å². The molecule has 1 aromatic carbocycles. The first-order valence-electron chi connectivity index (χ1n) is 6.97. The molecule has 0 saturated heterocycles. The van der Waals surface area contributed by atoms with Crippen LogP contribution < -0.4 is 5.43 Å². The Kier molecular flexibility index (Phi) is 4.68. The number of benzene rings is 1. The number of rotatable bonds is 3. The van der Waals surface area contributed by atoms with Crippen LogP contribution >= 0.6 is 0 Å². The summed E-state index contributed by atoms with van der Waals surface area (Å²) in [5.74, 6) is 0.273. The molecule has 1 aliphatic rings. The molecule has 1 saturated carbocycles. The summed E-state index contributed by atoms with van der Waals surface area (Å²) in [6.07, 6.45) is -0.716. The number of hydrazone groups is 1. The highest BCUT2D eigenvalue weighted by molar-refractivity contribution is 5.88. The number of nitro groups is 1. The SMILES string of the molecule is C[C@@H]1CCCC/C1=N/Nc1ccc(C(F)(F)F)cc1[N+](=O)[O-]. The second kappa shape index (κ2) is 6.33. The normalized spacial score (nSPS) is 20.9. The Labute approximate surface area is 125 Å². The van der Waals surface area contributed by atoms with Gasteiger partial charge >= 0.3 is 6.18 Å². The number of halogens is 3. The third-order valence-electron chi connectivity index (χ3n) is 3.73. The van der Waals surface area contributed by atoms with Crippen LogP contribution in [0.4, 0.5) is 24.5 Å². The predicted molar refractivity (Wildman–Crippen MR) is 76.8 cm³/mol. The lowest BCUT2D eigenvalue weighted by Gasteiger charge is -2.20. The van der Waals surface area contributed by atoms with Crippen molar-refractivity contribution in [2.45, 2.75) is 38.8 Å². The summed E-state index contributed by atoms with van der Waals surface area (Å²) in [4.78, 5) is 10.1. The summed E-state index contributed by atoms with van der Waals surface area (Å²) in [5, 5.41) is 15.1. The minimum atomic E-state index is -4.62. The Bertz CT molecular complexity index is 599. The van der Waals surface area contributed by atoms with E-state index in [1.54, 1.807) is 0 Å². The van der Waals surface area contributed by atoms with Gasteiger partial charge in [-0.05, 0) is 37.3 Å². The van der Waals surface area contributed by atoms with Crippen molar-refractivity contribution >= 4 is 17.1 Å². The van der Waals surface area contributed by atoms with Crippen LogP contribution in [0.1, 0.15) is 38.2 Å². The van der Waals surface area contributed by atoms with Crippen molar-refractivity contribution in [3.63, 3.8) is 0 Å². The molecule has 1 aromatic rings. The van der Waals surface area contributed by atoms with Crippen LogP contribution in [0, 0.1) is 16.0 Å². The molecule has 0 unspecified atom stereocenters. The molecule has 0 aromatic heterocycles. The first-order chi connectivity index (χ1) is 10.3. The second-order valence-electron chi connectivity index (χ2n) is 5.35. The summed E-state index contributed by atoms with van der Waals surface area (Å²) in [6.45, 7) is 2.01. The van der Waals surface area contributed by atoms with E-state index >= 15 is 0 Å². The van der Waals surface area contributed by atoms with Gasteiger partial charge in [-0.15, -0.1) is 0 Å². The van der Waals surface area contributed by atoms with E-state index in [9.17, 15) is 23.3 Å². The first kappa shape index (κ1) is 16.3. The third-order valence-corrected chi connectivity index (χ3v) is 3.73. The maximum absolute atomic E-state index is 12.6. The van der Waals surface area contributed by atoms with Crippen molar-refractivity contribution in [1.82, 2.24) is 0 Å². The van der Waals surface area contributed by atoms with Gasteiger partial charge in [-0.2, -0.15) is 18.3 Å². The quantitative estimate of drug-likeness (QED) is 0.655. The molecule has 0 heterocycles. The smallest absolute Gasteiger partial charge is 0.272 e. The molecular formula is C14H16F3N3O2. The maximum Gasteiger partial charge on any atom is 0.416 e. The monoisotopic (exact) mass is 315 g/mol. The van der Waals surface area contributed by atoms with Gasteiger partial charge in [-0.1, -0.05) is 13.3 Å². The number of nitrogens with one attached hydrogen (secondary N) is 1. The summed E-state index contributed by atoms with van der Waals surface area (Å²) < 4.78 is 37.9. The summed E-state index contributed by atoms with van der Waals surface area (Å²) >= 11 is 0. The zero-order valence-corrected chi connectivity index (χ0v) is 12.0. The van der Waals surface area contributed by atoms with E-state index in [1.807, 2.05) is 6.92 Å². The highest BCUT2D eigenvalue weighted by Gasteiger charge is 2.33. The van der Waals surface area contributed by atoms with E-state index in [1.165, 1.54) is 0 Å². The molecule has 0 bridgehead atoms. The third kappa shape index (κ3) is 3.75. The van der Waals surface area contributed by atoms with Crippen molar-refractivity contribution in [2.24, 2.45) is 11.0 Å². The molecule has 1 fully saturated rings. The maximum atomic E-state index is 12.6. The van der Waals surface area contributed by atoms with Crippen LogP contribution in [0.2, 0.25) is 0 Å². The molecule has 8 heteroatoms. The highest BCUT2D eigenvalue weighted by Crippen LogP contribution is 2.35. The van der Waals surface area contributed by atoms with Gasteiger partial charge in [0.2, 0.25) is 0 Å².